The van der Waals surface area contributed by atoms with Gasteiger partial charge in [-0.2, -0.15) is 0 Å². The Labute approximate surface area is 127 Å². The molecule has 2 aromatic rings. The number of benzene rings is 2. The normalized spacial score (nSPS) is 10.2. The van der Waals surface area contributed by atoms with Crippen LogP contribution in [0.15, 0.2) is 48.5 Å². The number of hydrogen-bond donors (Lipinski definition) is 3. The maximum absolute atomic E-state index is 3.47. The Morgan fingerprint density at radius 3 is 1.95 bits per heavy atom. The molecule has 0 amide bonds. The van der Waals surface area contributed by atoms with Gasteiger partial charge in [0.25, 0.3) is 0 Å². The molecule has 0 bridgehead atoms. The highest BCUT2D eigenvalue weighted by Gasteiger charge is 1.99. The van der Waals surface area contributed by atoms with Crippen molar-refractivity contribution in [2.75, 3.05) is 35.6 Å². The second-order valence-electron chi connectivity index (χ2n) is 4.98. The van der Waals surface area contributed by atoms with Crippen LogP contribution >= 0.6 is 0 Å². The summed E-state index contributed by atoms with van der Waals surface area (Å²) in [6, 6.07) is 17.0. The van der Waals surface area contributed by atoms with Gasteiger partial charge in [-0.3, -0.25) is 0 Å². The van der Waals surface area contributed by atoms with E-state index in [4.69, 9.17) is 0 Å². The van der Waals surface area contributed by atoms with Crippen LogP contribution < -0.4 is 16.0 Å². The highest BCUT2D eigenvalue weighted by Crippen LogP contribution is 2.20. The average molecular weight is 283 g/mol. The molecule has 3 heteroatoms. The molecule has 112 valence electrons. The van der Waals surface area contributed by atoms with E-state index in [0.717, 1.165) is 37.4 Å². The minimum Gasteiger partial charge on any atom is -0.384 e. The van der Waals surface area contributed by atoms with Gasteiger partial charge in [-0.15, -0.1) is 0 Å². The quantitative estimate of drug-likeness (QED) is 0.635. The zero-order valence-electron chi connectivity index (χ0n) is 12.9. The second-order valence-corrected chi connectivity index (χ2v) is 4.98. The molecule has 0 atom stereocenters. The zero-order valence-corrected chi connectivity index (χ0v) is 12.9. The molecule has 0 aliphatic carbocycles. The van der Waals surface area contributed by atoms with Crippen LogP contribution in [0, 0.1) is 0 Å². The molecular weight excluding hydrogens is 258 g/mol. The van der Waals surface area contributed by atoms with Crippen molar-refractivity contribution in [3.05, 3.63) is 54.1 Å². The second kappa shape index (κ2) is 8.20. The van der Waals surface area contributed by atoms with Gasteiger partial charge in [0.15, 0.2) is 0 Å². The van der Waals surface area contributed by atoms with Gasteiger partial charge >= 0.3 is 0 Å². The van der Waals surface area contributed by atoms with Crippen LogP contribution in [0.2, 0.25) is 0 Å². The third-order valence-corrected chi connectivity index (χ3v) is 3.43. The van der Waals surface area contributed by atoms with Gasteiger partial charge in [0.1, 0.15) is 0 Å². The van der Waals surface area contributed by atoms with Crippen LogP contribution in [-0.4, -0.2) is 19.6 Å². The molecule has 2 rings (SSSR count). The van der Waals surface area contributed by atoms with E-state index in [-0.39, 0.29) is 0 Å². The van der Waals surface area contributed by atoms with E-state index in [0.29, 0.717) is 0 Å². The third kappa shape index (κ3) is 4.71. The molecule has 0 aliphatic heterocycles. The van der Waals surface area contributed by atoms with Crippen molar-refractivity contribution in [1.29, 1.82) is 0 Å². The highest BCUT2D eigenvalue weighted by atomic mass is 15.0. The molecule has 0 aliphatic rings. The van der Waals surface area contributed by atoms with E-state index < -0.39 is 0 Å². The van der Waals surface area contributed by atoms with Gasteiger partial charge in [0.2, 0.25) is 0 Å². The Kier molecular flexibility index (Phi) is 5.95. The lowest BCUT2D eigenvalue weighted by Crippen LogP contribution is -2.14. The minimum absolute atomic E-state index is 0.887. The summed E-state index contributed by atoms with van der Waals surface area (Å²) in [5.74, 6) is 0. The SMILES string of the molecule is CCNc1ccccc1NCCNc1ccc(CC)cc1. The summed E-state index contributed by atoms with van der Waals surface area (Å²) in [6.45, 7) is 7.00. The smallest absolute Gasteiger partial charge is 0.0576 e. The number of anilines is 3. The fraction of sp³-hybridized carbons (Fsp3) is 0.333. The van der Waals surface area contributed by atoms with Crippen LogP contribution in [0.4, 0.5) is 17.1 Å². The Morgan fingerprint density at radius 1 is 0.714 bits per heavy atom. The Hall–Kier alpha value is -2.16. The van der Waals surface area contributed by atoms with Crippen molar-refractivity contribution < 1.29 is 0 Å². The van der Waals surface area contributed by atoms with Crippen molar-refractivity contribution in [3.8, 4) is 0 Å². The molecule has 21 heavy (non-hydrogen) atoms. The number of aryl methyl sites for hydroxylation is 1. The summed E-state index contributed by atoms with van der Waals surface area (Å²) in [6.07, 6.45) is 1.09. The molecule has 0 radical (unpaired) electrons. The van der Waals surface area contributed by atoms with E-state index in [1.807, 2.05) is 0 Å². The number of hydrogen-bond acceptors (Lipinski definition) is 3. The predicted molar refractivity (Wildman–Crippen MR) is 93.4 cm³/mol. The summed E-state index contributed by atoms with van der Waals surface area (Å²) in [4.78, 5) is 0. The van der Waals surface area contributed by atoms with Crippen molar-refractivity contribution in [2.24, 2.45) is 0 Å². The largest absolute Gasteiger partial charge is 0.384 e. The number of rotatable bonds is 8. The van der Waals surface area contributed by atoms with Gasteiger partial charge < -0.3 is 16.0 Å². The molecule has 0 heterocycles. The predicted octanol–water partition coefficient (Wildman–Crippen LogP) is 4.20. The third-order valence-electron chi connectivity index (χ3n) is 3.43. The van der Waals surface area contributed by atoms with Crippen LogP contribution in [-0.2, 0) is 6.42 Å². The first kappa shape index (κ1) is 15.2. The fourth-order valence-electron chi connectivity index (χ4n) is 2.24. The van der Waals surface area contributed by atoms with Crippen molar-refractivity contribution in [2.45, 2.75) is 20.3 Å². The zero-order chi connectivity index (χ0) is 14.9. The minimum atomic E-state index is 0.887. The van der Waals surface area contributed by atoms with E-state index in [1.165, 1.54) is 11.3 Å². The van der Waals surface area contributed by atoms with Gasteiger partial charge in [-0.05, 0) is 43.2 Å². The van der Waals surface area contributed by atoms with E-state index in [2.05, 4.69) is 78.3 Å². The lowest BCUT2D eigenvalue weighted by Gasteiger charge is -2.13. The molecule has 0 spiro atoms. The summed E-state index contributed by atoms with van der Waals surface area (Å²) in [5.41, 5.74) is 4.86. The van der Waals surface area contributed by atoms with Crippen molar-refractivity contribution >= 4 is 17.1 Å². The van der Waals surface area contributed by atoms with Gasteiger partial charge in [-0.25, -0.2) is 0 Å². The molecule has 2 aromatic carbocycles. The molecule has 0 saturated heterocycles. The highest BCUT2D eigenvalue weighted by molar-refractivity contribution is 5.68. The standard InChI is InChI=1S/C18H25N3/c1-3-15-9-11-16(12-10-15)20-13-14-21-18-8-6-5-7-17(18)19-4-2/h5-12,19-21H,3-4,13-14H2,1-2H3. The first-order valence-electron chi connectivity index (χ1n) is 7.73. The summed E-state index contributed by atoms with van der Waals surface area (Å²) in [5, 5.41) is 10.3. The van der Waals surface area contributed by atoms with Gasteiger partial charge in [0, 0.05) is 25.3 Å². The Morgan fingerprint density at radius 2 is 1.33 bits per heavy atom. The number of nitrogens with one attached hydrogen (secondary N) is 3. The molecule has 3 nitrogen and oxygen atoms in total. The Bertz CT molecular complexity index is 534. The van der Waals surface area contributed by atoms with Crippen molar-refractivity contribution in [3.63, 3.8) is 0 Å². The lowest BCUT2D eigenvalue weighted by molar-refractivity contribution is 1.07. The van der Waals surface area contributed by atoms with E-state index >= 15 is 0 Å². The molecular formula is C18H25N3. The van der Waals surface area contributed by atoms with E-state index in [1.54, 1.807) is 0 Å². The monoisotopic (exact) mass is 283 g/mol. The van der Waals surface area contributed by atoms with E-state index in [9.17, 15) is 0 Å². The summed E-state index contributed by atoms with van der Waals surface area (Å²) < 4.78 is 0. The summed E-state index contributed by atoms with van der Waals surface area (Å²) in [7, 11) is 0. The topological polar surface area (TPSA) is 36.1 Å². The summed E-state index contributed by atoms with van der Waals surface area (Å²) >= 11 is 0. The molecule has 0 fully saturated rings. The van der Waals surface area contributed by atoms with Crippen LogP contribution in [0.25, 0.3) is 0 Å². The molecule has 3 N–H and O–H groups in total. The molecule has 0 aromatic heterocycles. The first-order valence-corrected chi connectivity index (χ1v) is 7.73. The lowest BCUT2D eigenvalue weighted by atomic mass is 10.1. The van der Waals surface area contributed by atoms with Gasteiger partial charge in [0.05, 0.1) is 11.4 Å². The maximum Gasteiger partial charge on any atom is 0.0576 e. The van der Waals surface area contributed by atoms with Crippen LogP contribution in [0.5, 0.6) is 0 Å². The van der Waals surface area contributed by atoms with Crippen LogP contribution in [0.3, 0.4) is 0 Å². The van der Waals surface area contributed by atoms with Crippen LogP contribution in [0.1, 0.15) is 19.4 Å². The van der Waals surface area contributed by atoms with Gasteiger partial charge in [-0.1, -0.05) is 31.2 Å². The van der Waals surface area contributed by atoms with Crippen molar-refractivity contribution in [1.82, 2.24) is 0 Å². The molecule has 0 saturated carbocycles. The maximum atomic E-state index is 3.47. The number of para-hydroxylation sites is 2. The first-order chi connectivity index (χ1) is 10.3. The molecule has 0 unspecified atom stereocenters. The fourth-order valence-corrected chi connectivity index (χ4v) is 2.24. The average Bonchev–Trinajstić information content (AvgIpc) is 2.54. The Balaban J connectivity index is 1.79.